The zero-order valence-electron chi connectivity index (χ0n) is 9.31. The van der Waals surface area contributed by atoms with E-state index in [0.717, 1.165) is 6.04 Å². The molecule has 0 bridgehead atoms. The van der Waals surface area contributed by atoms with Gasteiger partial charge in [-0.05, 0) is 19.9 Å². The van der Waals surface area contributed by atoms with Crippen molar-refractivity contribution in [2.75, 3.05) is 6.61 Å². The summed E-state index contributed by atoms with van der Waals surface area (Å²) in [5, 5.41) is 2.68. The molecular formula is C9H21NO2Si. The summed E-state index contributed by atoms with van der Waals surface area (Å²) in [6.07, 6.45) is -0.298. The number of carbonyl (C=O) groups excluding carboxylic acids is 1. The lowest BCUT2D eigenvalue weighted by molar-refractivity contribution is 0.149. The number of nitrogens with one attached hydrogen (secondary N) is 1. The molecule has 3 nitrogen and oxygen atoms in total. The van der Waals surface area contributed by atoms with E-state index in [1.54, 1.807) is 0 Å². The fourth-order valence-electron chi connectivity index (χ4n) is 0.727. The van der Waals surface area contributed by atoms with Crippen LogP contribution in [0.1, 0.15) is 13.8 Å². The number of hydrogen-bond donors (Lipinski definition) is 1. The van der Waals surface area contributed by atoms with E-state index in [1.807, 2.05) is 13.8 Å². The zero-order chi connectivity index (χ0) is 10.5. The highest BCUT2D eigenvalue weighted by atomic mass is 28.3. The second kappa shape index (κ2) is 5.27. The number of hydrogen-bond acceptors (Lipinski definition) is 2. The summed E-state index contributed by atoms with van der Waals surface area (Å²) in [5.74, 6) is 0. The van der Waals surface area contributed by atoms with Crippen molar-refractivity contribution in [3.05, 3.63) is 0 Å². The van der Waals surface area contributed by atoms with Crippen molar-refractivity contribution in [3.8, 4) is 0 Å². The van der Waals surface area contributed by atoms with Crippen LogP contribution in [0.2, 0.25) is 25.7 Å². The van der Waals surface area contributed by atoms with Crippen LogP contribution in [0.3, 0.4) is 0 Å². The van der Waals surface area contributed by atoms with Gasteiger partial charge in [0.2, 0.25) is 0 Å². The number of rotatable bonds is 4. The van der Waals surface area contributed by atoms with Crippen LogP contribution in [0.15, 0.2) is 0 Å². The smallest absolute Gasteiger partial charge is 0.407 e. The first-order valence-corrected chi connectivity index (χ1v) is 8.45. The Hall–Kier alpha value is -0.513. The molecule has 0 unspecified atom stereocenters. The highest BCUT2D eigenvalue weighted by Crippen LogP contribution is 2.07. The summed E-state index contributed by atoms with van der Waals surface area (Å²) in [6, 6.07) is 1.18. The van der Waals surface area contributed by atoms with Gasteiger partial charge in [-0.2, -0.15) is 0 Å². The van der Waals surface area contributed by atoms with Gasteiger partial charge in [-0.25, -0.2) is 4.79 Å². The normalized spacial score (nSPS) is 11.5. The fourth-order valence-corrected chi connectivity index (χ4v) is 1.44. The summed E-state index contributed by atoms with van der Waals surface area (Å²) in [4.78, 5) is 11.0. The van der Waals surface area contributed by atoms with E-state index in [9.17, 15) is 4.79 Å². The Kier molecular flexibility index (Phi) is 5.06. The molecule has 13 heavy (non-hydrogen) atoms. The third-order valence-corrected chi connectivity index (χ3v) is 3.20. The van der Waals surface area contributed by atoms with Crippen molar-refractivity contribution in [1.29, 1.82) is 0 Å². The van der Waals surface area contributed by atoms with E-state index in [2.05, 4.69) is 25.0 Å². The zero-order valence-corrected chi connectivity index (χ0v) is 10.3. The monoisotopic (exact) mass is 203 g/mol. The molecule has 0 radical (unpaired) electrons. The molecule has 0 fully saturated rings. The highest BCUT2D eigenvalue weighted by molar-refractivity contribution is 6.76. The Labute approximate surface area is 81.9 Å². The SMILES string of the molecule is CC(C)NC(=O)OCC[Si](C)(C)C. The van der Waals surface area contributed by atoms with E-state index in [1.165, 1.54) is 0 Å². The van der Waals surface area contributed by atoms with Gasteiger partial charge >= 0.3 is 6.09 Å². The lowest BCUT2D eigenvalue weighted by atomic mass is 10.4. The summed E-state index contributed by atoms with van der Waals surface area (Å²) in [6.45, 7) is 11.2. The van der Waals surface area contributed by atoms with E-state index < -0.39 is 8.07 Å². The number of ether oxygens (including phenoxy) is 1. The van der Waals surface area contributed by atoms with Crippen LogP contribution in [0.5, 0.6) is 0 Å². The Morgan fingerprint density at radius 1 is 1.38 bits per heavy atom. The molecule has 0 saturated carbocycles. The van der Waals surface area contributed by atoms with E-state index in [-0.39, 0.29) is 12.1 Å². The maximum Gasteiger partial charge on any atom is 0.407 e. The molecule has 0 rings (SSSR count). The average Bonchev–Trinajstić information content (AvgIpc) is 1.81. The second-order valence-electron chi connectivity index (χ2n) is 4.75. The Morgan fingerprint density at radius 3 is 2.31 bits per heavy atom. The first kappa shape index (κ1) is 12.5. The molecule has 0 aliphatic heterocycles. The first-order valence-electron chi connectivity index (χ1n) is 4.74. The highest BCUT2D eigenvalue weighted by Gasteiger charge is 2.13. The molecule has 4 heteroatoms. The van der Waals surface area contributed by atoms with Gasteiger partial charge < -0.3 is 10.1 Å². The molecular weight excluding hydrogens is 182 g/mol. The molecule has 0 aliphatic rings. The quantitative estimate of drug-likeness (QED) is 0.713. The lowest BCUT2D eigenvalue weighted by Crippen LogP contribution is -2.32. The third kappa shape index (κ3) is 9.40. The van der Waals surface area contributed by atoms with Crippen LogP contribution < -0.4 is 5.32 Å². The Balaban J connectivity index is 3.49. The van der Waals surface area contributed by atoms with Gasteiger partial charge in [0, 0.05) is 14.1 Å². The lowest BCUT2D eigenvalue weighted by Gasteiger charge is -2.16. The van der Waals surface area contributed by atoms with Crippen LogP contribution in [0.4, 0.5) is 4.79 Å². The largest absolute Gasteiger partial charge is 0.450 e. The third-order valence-electron chi connectivity index (χ3n) is 1.49. The number of carbonyl (C=O) groups is 1. The molecule has 0 aromatic heterocycles. The summed E-state index contributed by atoms with van der Waals surface area (Å²) < 4.78 is 5.01. The van der Waals surface area contributed by atoms with Crippen LogP contribution >= 0.6 is 0 Å². The minimum Gasteiger partial charge on any atom is -0.450 e. The van der Waals surface area contributed by atoms with Gasteiger partial charge in [0.05, 0.1) is 6.61 Å². The molecule has 0 spiro atoms. The van der Waals surface area contributed by atoms with Crippen molar-refractivity contribution >= 4 is 14.2 Å². The predicted octanol–water partition coefficient (Wildman–Crippen LogP) is 2.46. The van der Waals surface area contributed by atoms with Crippen molar-refractivity contribution in [3.63, 3.8) is 0 Å². The molecule has 0 aromatic carbocycles. The minimum atomic E-state index is -1.07. The van der Waals surface area contributed by atoms with Gasteiger partial charge in [0.1, 0.15) is 0 Å². The number of amides is 1. The van der Waals surface area contributed by atoms with Gasteiger partial charge in [0.15, 0.2) is 0 Å². The van der Waals surface area contributed by atoms with Crippen LogP contribution in [0.25, 0.3) is 0 Å². The maximum absolute atomic E-state index is 11.0. The number of alkyl carbamates (subject to hydrolysis) is 1. The van der Waals surface area contributed by atoms with Gasteiger partial charge in [-0.3, -0.25) is 0 Å². The molecule has 1 amide bonds. The van der Waals surface area contributed by atoms with Crippen LogP contribution in [-0.4, -0.2) is 26.8 Å². The molecule has 0 heterocycles. The van der Waals surface area contributed by atoms with Crippen LogP contribution in [0, 0.1) is 0 Å². The molecule has 0 saturated heterocycles. The van der Waals surface area contributed by atoms with E-state index in [0.29, 0.717) is 6.61 Å². The molecule has 0 atom stereocenters. The van der Waals surface area contributed by atoms with Crippen molar-refractivity contribution in [2.24, 2.45) is 0 Å². The molecule has 78 valence electrons. The summed E-state index contributed by atoms with van der Waals surface area (Å²) in [5.41, 5.74) is 0. The molecule has 0 aromatic rings. The maximum atomic E-state index is 11.0. The average molecular weight is 203 g/mol. The minimum absolute atomic E-state index is 0.152. The Bertz CT molecular complexity index is 163. The van der Waals surface area contributed by atoms with Crippen molar-refractivity contribution < 1.29 is 9.53 Å². The summed E-state index contributed by atoms with van der Waals surface area (Å²) in [7, 11) is -1.07. The molecule has 0 aliphatic carbocycles. The van der Waals surface area contributed by atoms with Crippen molar-refractivity contribution in [1.82, 2.24) is 5.32 Å². The van der Waals surface area contributed by atoms with Crippen molar-refractivity contribution in [2.45, 2.75) is 45.6 Å². The Morgan fingerprint density at radius 2 is 1.92 bits per heavy atom. The van der Waals surface area contributed by atoms with Gasteiger partial charge in [-0.15, -0.1) is 0 Å². The van der Waals surface area contributed by atoms with Crippen LogP contribution in [-0.2, 0) is 4.74 Å². The first-order chi connectivity index (χ1) is 5.81. The molecule has 1 N–H and O–H groups in total. The van der Waals surface area contributed by atoms with Gasteiger partial charge in [-0.1, -0.05) is 19.6 Å². The summed E-state index contributed by atoms with van der Waals surface area (Å²) >= 11 is 0. The standard InChI is InChI=1S/C9H21NO2Si/c1-8(2)10-9(11)12-6-7-13(3,4)5/h8H,6-7H2,1-5H3,(H,10,11). The second-order valence-corrected chi connectivity index (χ2v) is 10.4. The fraction of sp³-hybridized carbons (Fsp3) is 0.889. The predicted molar refractivity (Wildman–Crippen MR) is 57.8 cm³/mol. The van der Waals surface area contributed by atoms with E-state index in [4.69, 9.17) is 4.74 Å². The van der Waals surface area contributed by atoms with Gasteiger partial charge in [0.25, 0.3) is 0 Å². The van der Waals surface area contributed by atoms with E-state index >= 15 is 0 Å². The topological polar surface area (TPSA) is 38.3 Å².